The highest BCUT2D eigenvalue weighted by Crippen LogP contribution is 2.14. The molecule has 114 valence electrons. The largest absolute Gasteiger partial charge is 0.481 e. The summed E-state index contributed by atoms with van der Waals surface area (Å²) in [6.07, 6.45) is 1.55. The monoisotopic (exact) mass is 311 g/mol. The second kappa shape index (κ2) is 6.70. The van der Waals surface area contributed by atoms with E-state index in [0.29, 0.717) is 18.2 Å². The molecule has 2 aromatic heterocycles. The normalized spacial score (nSPS) is 11.5. The van der Waals surface area contributed by atoms with Crippen LogP contribution in [-0.2, 0) is 23.1 Å². The average molecular weight is 311 g/mol. The molecule has 2 N–H and O–H groups in total. The Morgan fingerprint density at radius 3 is 2.67 bits per heavy atom. The van der Waals surface area contributed by atoms with Crippen LogP contribution in [0.4, 0.5) is 0 Å². The van der Waals surface area contributed by atoms with Crippen molar-refractivity contribution in [2.45, 2.75) is 18.2 Å². The topological polar surface area (TPSA) is 93.5 Å². The van der Waals surface area contributed by atoms with E-state index in [1.807, 2.05) is 0 Å². The molecule has 0 aliphatic rings. The number of methoxy groups -OCH3 is 1. The van der Waals surface area contributed by atoms with Crippen molar-refractivity contribution in [3.63, 3.8) is 0 Å². The summed E-state index contributed by atoms with van der Waals surface area (Å²) in [5.74, 6) is 1.04. The van der Waals surface area contributed by atoms with Gasteiger partial charge in [0.1, 0.15) is 5.76 Å². The van der Waals surface area contributed by atoms with Gasteiger partial charge in [-0.15, -0.1) is 0 Å². The van der Waals surface area contributed by atoms with E-state index in [1.54, 1.807) is 31.4 Å². The van der Waals surface area contributed by atoms with Gasteiger partial charge in [-0.2, -0.15) is 0 Å². The summed E-state index contributed by atoms with van der Waals surface area (Å²) >= 11 is 0. The lowest BCUT2D eigenvalue weighted by Crippen LogP contribution is -2.22. The molecule has 0 spiro atoms. The maximum absolute atomic E-state index is 12.1. The first-order valence-electron chi connectivity index (χ1n) is 6.27. The van der Waals surface area contributed by atoms with E-state index in [2.05, 4.69) is 15.0 Å². The first kappa shape index (κ1) is 15.5. The van der Waals surface area contributed by atoms with Crippen molar-refractivity contribution in [1.82, 2.24) is 15.0 Å². The minimum Gasteiger partial charge on any atom is -0.481 e. The van der Waals surface area contributed by atoms with Gasteiger partial charge in [-0.25, -0.2) is 18.1 Å². The van der Waals surface area contributed by atoms with Crippen LogP contribution < -0.4 is 14.8 Å². The number of hydrogen-bond donors (Lipinski definition) is 2. The third-order valence-corrected chi connectivity index (χ3v) is 4.00. The summed E-state index contributed by atoms with van der Waals surface area (Å²) in [5, 5.41) is 2.79. The Balaban J connectivity index is 2.02. The second-order valence-corrected chi connectivity index (χ2v) is 5.98. The third-order valence-electron chi connectivity index (χ3n) is 2.73. The minimum atomic E-state index is -3.68. The van der Waals surface area contributed by atoms with Gasteiger partial charge in [-0.3, -0.25) is 0 Å². The maximum Gasteiger partial charge on any atom is 0.274 e. The van der Waals surface area contributed by atoms with Crippen LogP contribution in [0, 0.1) is 0 Å². The average Bonchev–Trinajstić information content (AvgIpc) is 2.96. The number of furan rings is 1. The molecule has 0 fully saturated rings. The number of nitrogens with one attached hydrogen (secondary N) is 2. The quantitative estimate of drug-likeness (QED) is 0.788. The Bertz CT molecular complexity index is 680. The summed E-state index contributed by atoms with van der Waals surface area (Å²) in [6.45, 7) is 0.597. The predicted octanol–water partition coefficient (Wildman–Crippen LogP) is 0.881. The second-order valence-electron chi connectivity index (χ2n) is 4.28. The molecule has 21 heavy (non-hydrogen) atoms. The number of pyridine rings is 1. The van der Waals surface area contributed by atoms with Crippen LogP contribution in [0.3, 0.4) is 0 Å². The lowest BCUT2D eigenvalue weighted by molar-refractivity contribution is 0.397. The summed E-state index contributed by atoms with van der Waals surface area (Å²) in [4.78, 5) is 4.01. The molecule has 0 radical (unpaired) electrons. The van der Waals surface area contributed by atoms with Crippen LogP contribution in [0.25, 0.3) is 0 Å². The molecule has 0 unspecified atom stereocenters. The van der Waals surface area contributed by atoms with Crippen molar-refractivity contribution in [1.29, 1.82) is 0 Å². The molecule has 0 aliphatic carbocycles. The van der Waals surface area contributed by atoms with Gasteiger partial charge in [0, 0.05) is 18.8 Å². The van der Waals surface area contributed by atoms with E-state index in [1.165, 1.54) is 13.2 Å². The Kier molecular flexibility index (Phi) is 4.94. The fraction of sp³-hybridized carbons (Fsp3) is 0.308. The molecule has 0 bridgehead atoms. The molecule has 0 aromatic carbocycles. The van der Waals surface area contributed by atoms with Crippen LogP contribution >= 0.6 is 0 Å². The molecular weight excluding hydrogens is 294 g/mol. The molecule has 0 saturated carbocycles. The Labute approximate surface area is 123 Å². The van der Waals surface area contributed by atoms with Crippen molar-refractivity contribution < 1.29 is 17.6 Å². The van der Waals surface area contributed by atoms with Crippen LogP contribution in [0.2, 0.25) is 0 Å². The number of hydrogen-bond acceptors (Lipinski definition) is 6. The van der Waals surface area contributed by atoms with Crippen molar-refractivity contribution in [3.8, 4) is 5.88 Å². The molecule has 0 amide bonds. The van der Waals surface area contributed by atoms with Gasteiger partial charge in [-0.1, -0.05) is 6.07 Å². The smallest absolute Gasteiger partial charge is 0.274 e. The number of rotatable bonds is 7. The van der Waals surface area contributed by atoms with Crippen molar-refractivity contribution in [2.24, 2.45) is 0 Å². The van der Waals surface area contributed by atoms with E-state index >= 15 is 0 Å². The summed E-state index contributed by atoms with van der Waals surface area (Å²) in [6, 6.07) is 6.46. The summed E-state index contributed by atoms with van der Waals surface area (Å²) in [5.41, 5.74) is 0.723. The summed E-state index contributed by atoms with van der Waals surface area (Å²) < 4.78 is 36.8. The molecule has 2 aromatic rings. The van der Waals surface area contributed by atoms with Gasteiger partial charge < -0.3 is 14.5 Å². The lowest BCUT2D eigenvalue weighted by Gasteiger charge is -2.05. The van der Waals surface area contributed by atoms with E-state index in [4.69, 9.17) is 9.15 Å². The molecular formula is C13H17N3O4S. The highest BCUT2D eigenvalue weighted by molar-refractivity contribution is 7.89. The number of aromatic nitrogens is 1. The molecule has 0 aliphatic heterocycles. The molecule has 8 heteroatoms. The molecule has 2 rings (SSSR count). The summed E-state index contributed by atoms with van der Waals surface area (Å²) in [7, 11) is -0.401. The van der Waals surface area contributed by atoms with Gasteiger partial charge in [0.2, 0.25) is 11.0 Å². The van der Waals surface area contributed by atoms with E-state index < -0.39 is 10.0 Å². The van der Waals surface area contributed by atoms with Crippen LogP contribution in [-0.4, -0.2) is 27.6 Å². The van der Waals surface area contributed by atoms with Crippen LogP contribution in [0.5, 0.6) is 5.88 Å². The van der Waals surface area contributed by atoms with Gasteiger partial charge in [0.25, 0.3) is 10.0 Å². The zero-order chi connectivity index (χ0) is 15.3. The third kappa shape index (κ3) is 4.03. The van der Waals surface area contributed by atoms with Gasteiger partial charge in [0.05, 0.1) is 13.7 Å². The Hall–Kier alpha value is -1.90. The first-order valence-corrected chi connectivity index (χ1v) is 7.75. The van der Waals surface area contributed by atoms with Crippen LogP contribution in [0.1, 0.15) is 11.3 Å². The fourth-order valence-electron chi connectivity index (χ4n) is 1.66. The maximum atomic E-state index is 12.1. The lowest BCUT2D eigenvalue weighted by atomic mass is 10.3. The number of sulfonamides is 1. The van der Waals surface area contributed by atoms with Gasteiger partial charge in [0.15, 0.2) is 0 Å². The standard InChI is InChI=1S/C13H17N3O4S/c1-14-9-11-4-6-13(20-11)21(17,18)16-8-10-3-5-12(19-2)15-7-10/h3-7,14,16H,8-9H2,1-2H3. The highest BCUT2D eigenvalue weighted by atomic mass is 32.2. The van der Waals surface area contributed by atoms with Crippen molar-refractivity contribution >= 4 is 10.0 Å². The molecule has 7 nitrogen and oxygen atoms in total. The van der Waals surface area contributed by atoms with Crippen molar-refractivity contribution in [3.05, 3.63) is 41.8 Å². The molecule has 2 heterocycles. The Morgan fingerprint density at radius 1 is 1.24 bits per heavy atom. The highest BCUT2D eigenvalue weighted by Gasteiger charge is 2.18. The Morgan fingerprint density at radius 2 is 2.05 bits per heavy atom. The predicted molar refractivity (Wildman–Crippen MR) is 76.3 cm³/mol. The zero-order valence-electron chi connectivity index (χ0n) is 11.8. The first-order chi connectivity index (χ1) is 10.0. The van der Waals surface area contributed by atoms with Gasteiger partial charge >= 0.3 is 0 Å². The van der Waals surface area contributed by atoms with Crippen LogP contribution in [0.15, 0.2) is 40.0 Å². The number of nitrogens with zero attached hydrogens (tertiary/aromatic N) is 1. The van der Waals surface area contributed by atoms with Crippen molar-refractivity contribution in [2.75, 3.05) is 14.2 Å². The zero-order valence-corrected chi connectivity index (χ0v) is 12.6. The number of ether oxygens (including phenoxy) is 1. The minimum absolute atomic E-state index is 0.103. The van der Waals surface area contributed by atoms with E-state index in [0.717, 1.165) is 5.56 Å². The molecule has 0 saturated heterocycles. The fourth-order valence-corrected chi connectivity index (χ4v) is 2.62. The van der Waals surface area contributed by atoms with Gasteiger partial charge in [-0.05, 0) is 24.7 Å². The SMILES string of the molecule is CNCc1ccc(S(=O)(=O)NCc2ccc(OC)nc2)o1. The molecule has 0 atom stereocenters. The van der Waals surface area contributed by atoms with E-state index in [-0.39, 0.29) is 11.6 Å². The van der Waals surface area contributed by atoms with E-state index in [9.17, 15) is 8.42 Å².